The first-order valence-electron chi connectivity index (χ1n) is 7.02. The van der Waals surface area contributed by atoms with Crippen LogP contribution in [0.2, 0.25) is 5.28 Å². The SMILES string of the molecule is Cc1cc2c(NC3CCCCCC3O)nc(Cl)nc2s1. The summed E-state index contributed by atoms with van der Waals surface area (Å²) in [7, 11) is 0. The molecule has 0 aliphatic heterocycles. The first-order chi connectivity index (χ1) is 9.63. The third-order valence-corrected chi connectivity index (χ3v) is 4.90. The van der Waals surface area contributed by atoms with Gasteiger partial charge in [0.25, 0.3) is 0 Å². The summed E-state index contributed by atoms with van der Waals surface area (Å²) < 4.78 is 0. The second-order valence-corrected chi connectivity index (χ2v) is 6.95. The fourth-order valence-electron chi connectivity index (χ4n) is 2.76. The van der Waals surface area contributed by atoms with Crippen molar-refractivity contribution in [2.45, 2.75) is 51.2 Å². The molecule has 4 nitrogen and oxygen atoms in total. The second-order valence-electron chi connectivity index (χ2n) is 5.37. The highest BCUT2D eigenvalue weighted by atomic mass is 35.5. The van der Waals surface area contributed by atoms with Crippen molar-refractivity contribution in [1.29, 1.82) is 0 Å². The van der Waals surface area contributed by atoms with E-state index in [1.165, 1.54) is 11.3 Å². The zero-order chi connectivity index (χ0) is 14.1. The van der Waals surface area contributed by atoms with Crippen molar-refractivity contribution in [2.24, 2.45) is 0 Å². The van der Waals surface area contributed by atoms with E-state index in [0.29, 0.717) is 0 Å². The standard InChI is InChI=1S/C14H18ClN3OS/c1-8-7-9-12(17-14(15)18-13(9)20-8)16-10-5-3-2-4-6-11(10)19/h7,10-11,19H,2-6H2,1H3,(H,16,17,18). The molecule has 2 aromatic rings. The molecule has 2 N–H and O–H groups in total. The lowest BCUT2D eigenvalue weighted by molar-refractivity contribution is 0.144. The molecule has 0 aromatic carbocycles. The maximum absolute atomic E-state index is 10.2. The van der Waals surface area contributed by atoms with Crippen LogP contribution < -0.4 is 5.32 Å². The third kappa shape index (κ3) is 2.90. The minimum atomic E-state index is -0.318. The fourth-order valence-corrected chi connectivity index (χ4v) is 3.86. The zero-order valence-electron chi connectivity index (χ0n) is 11.4. The van der Waals surface area contributed by atoms with Crippen molar-refractivity contribution in [1.82, 2.24) is 9.97 Å². The van der Waals surface area contributed by atoms with Crippen LogP contribution in [0.15, 0.2) is 6.07 Å². The van der Waals surface area contributed by atoms with Crippen LogP contribution in [-0.2, 0) is 0 Å². The number of anilines is 1. The second kappa shape index (κ2) is 5.84. The van der Waals surface area contributed by atoms with Gasteiger partial charge in [0.05, 0.1) is 17.5 Å². The molecule has 1 aliphatic rings. The molecule has 0 spiro atoms. The van der Waals surface area contributed by atoms with Crippen molar-refractivity contribution in [2.75, 3.05) is 5.32 Å². The van der Waals surface area contributed by atoms with Crippen LogP contribution in [0, 0.1) is 6.92 Å². The van der Waals surface area contributed by atoms with Crippen LogP contribution in [0.4, 0.5) is 5.82 Å². The maximum atomic E-state index is 10.2. The largest absolute Gasteiger partial charge is 0.391 e. The molecule has 2 atom stereocenters. The molecule has 3 rings (SSSR count). The predicted molar refractivity (Wildman–Crippen MR) is 83.7 cm³/mol. The molecule has 2 aromatic heterocycles. The van der Waals surface area contributed by atoms with Crippen molar-refractivity contribution >= 4 is 39.0 Å². The van der Waals surface area contributed by atoms with E-state index in [-0.39, 0.29) is 17.4 Å². The molecule has 20 heavy (non-hydrogen) atoms. The topological polar surface area (TPSA) is 58.0 Å². The highest BCUT2D eigenvalue weighted by molar-refractivity contribution is 7.18. The summed E-state index contributed by atoms with van der Waals surface area (Å²) >= 11 is 7.61. The lowest BCUT2D eigenvalue weighted by Gasteiger charge is -2.22. The van der Waals surface area contributed by atoms with Gasteiger partial charge >= 0.3 is 0 Å². The van der Waals surface area contributed by atoms with Crippen LogP contribution in [-0.4, -0.2) is 27.2 Å². The van der Waals surface area contributed by atoms with E-state index in [1.807, 2.05) is 6.92 Å². The quantitative estimate of drug-likeness (QED) is 0.655. The number of thiophene rings is 1. The number of halogens is 1. The molecular weight excluding hydrogens is 294 g/mol. The minimum Gasteiger partial charge on any atom is -0.391 e. The van der Waals surface area contributed by atoms with Gasteiger partial charge in [-0.2, -0.15) is 0 Å². The molecule has 0 radical (unpaired) electrons. The maximum Gasteiger partial charge on any atom is 0.225 e. The molecule has 2 heterocycles. The minimum absolute atomic E-state index is 0.0480. The monoisotopic (exact) mass is 311 g/mol. The molecular formula is C14H18ClN3OS. The summed E-state index contributed by atoms with van der Waals surface area (Å²) in [6.07, 6.45) is 4.92. The summed E-state index contributed by atoms with van der Waals surface area (Å²) in [6.45, 7) is 2.05. The number of rotatable bonds is 2. The number of aromatic nitrogens is 2. The number of aryl methyl sites for hydroxylation is 1. The summed E-state index contributed by atoms with van der Waals surface area (Å²) in [5.41, 5.74) is 0. The molecule has 0 saturated heterocycles. The van der Waals surface area contributed by atoms with Gasteiger partial charge in [-0.25, -0.2) is 9.97 Å². The Morgan fingerprint density at radius 1 is 1.30 bits per heavy atom. The Balaban J connectivity index is 1.92. The molecule has 0 bridgehead atoms. The van der Waals surface area contributed by atoms with Gasteiger partial charge in [0.1, 0.15) is 10.6 Å². The van der Waals surface area contributed by atoms with Gasteiger partial charge in [0, 0.05) is 4.88 Å². The number of aliphatic hydroxyl groups is 1. The smallest absolute Gasteiger partial charge is 0.225 e. The van der Waals surface area contributed by atoms with Gasteiger partial charge in [-0.3, -0.25) is 0 Å². The van der Waals surface area contributed by atoms with Gasteiger partial charge in [-0.05, 0) is 37.4 Å². The van der Waals surface area contributed by atoms with E-state index in [4.69, 9.17) is 11.6 Å². The molecule has 1 fully saturated rings. The van der Waals surface area contributed by atoms with Gasteiger partial charge in [-0.1, -0.05) is 19.3 Å². The van der Waals surface area contributed by atoms with E-state index in [9.17, 15) is 5.11 Å². The zero-order valence-corrected chi connectivity index (χ0v) is 13.0. The highest BCUT2D eigenvalue weighted by Gasteiger charge is 2.23. The van der Waals surface area contributed by atoms with E-state index >= 15 is 0 Å². The van der Waals surface area contributed by atoms with E-state index in [0.717, 1.165) is 41.7 Å². The Bertz CT molecular complexity index is 616. The number of fused-ring (bicyclic) bond motifs is 1. The number of hydrogen-bond donors (Lipinski definition) is 2. The average molecular weight is 312 g/mol. The molecule has 1 saturated carbocycles. The number of aliphatic hydroxyl groups excluding tert-OH is 1. The normalized spacial score (nSPS) is 23.8. The average Bonchev–Trinajstić information content (AvgIpc) is 2.64. The van der Waals surface area contributed by atoms with Crippen molar-refractivity contribution in [3.8, 4) is 0 Å². The number of hydrogen-bond acceptors (Lipinski definition) is 5. The van der Waals surface area contributed by atoms with Gasteiger partial charge in [0.15, 0.2) is 0 Å². The van der Waals surface area contributed by atoms with Gasteiger partial charge in [-0.15, -0.1) is 11.3 Å². The Hall–Kier alpha value is -0.910. The third-order valence-electron chi connectivity index (χ3n) is 3.79. The predicted octanol–water partition coefficient (Wildman–Crippen LogP) is 3.76. The van der Waals surface area contributed by atoms with E-state index in [2.05, 4.69) is 21.4 Å². The Morgan fingerprint density at radius 2 is 2.10 bits per heavy atom. The molecule has 108 valence electrons. The van der Waals surface area contributed by atoms with Crippen molar-refractivity contribution < 1.29 is 5.11 Å². The Labute approximate surface area is 127 Å². The molecule has 0 amide bonds. The van der Waals surface area contributed by atoms with Crippen LogP contribution in [0.1, 0.15) is 37.0 Å². The summed E-state index contributed by atoms with van der Waals surface area (Å²) in [6, 6.07) is 2.12. The highest BCUT2D eigenvalue weighted by Crippen LogP contribution is 2.31. The van der Waals surface area contributed by atoms with Crippen molar-refractivity contribution in [3.05, 3.63) is 16.2 Å². The van der Waals surface area contributed by atoms with Crippen LogP contribution in [0.25, 0.3) is 10.2 Å². The lowest BCUT2D eigenvalue weighted by Crippen LogP contribution is -2.32. The van der Waals surface area contributed by atoms with Gasteiger partial charge < -0.3 is 10.4 Å². The summed E-state index contributed by atoms with van der Waals surface area (Å²) in [5, 5.41) is 14.9. The molecule has 1 aliphatic carbocycles. The van der Waals surface area contributed by atoms with E-state index < -0.39 is 0 Å². The summed E-state index contributed by atoms with van der Waals surface area (Å²) in [5.74, 6) is 0.746. The molecule has 2 unspecified atom stereocenters. The van der Waals surface area contributed by atoms with Gasteiger partial charge in [0.2, 0.25) is 5.28 Å². The first-order valence-corrected chi connectivity index (χ1v) is 8.21. The van der Waals surface area contributed by atoms with Crippen LogP contribution in [0.3, 0.4) is 0 Å². The lowest BCUT2D eigenvalue weighted by atomic mass is 10.1. The van der Waals surface area contributed by atoms with E-state index in [1.54, 1.807) is 11.3 Å². The number of nitrogens with zero attached hydrogens (tertiary/aromatic N) is 2. The Kier molecular flexibility index (Phi) is 4.10. The number of nitrogens with one attached hydrogen (secondary N) is 1. The van der Waals surface area contributed by atoms with Crippen molar-refractivity contribution in [3.63, 3.8) is 0 Å². The fraction of sp³-hybridized carbons (Fsp3) is 0.571. The first kappa shape index (κ1) is 14.0. The van der Waals surface area contributed by atoms with Crippen LogP contribution in [0.5, 0.6) is 0 Å². The summed E-state index contributed by atoms with van der Waals surface area (Å²) in [4.78, 5) is 10.6. The Morgan fingerprint density at radius 3 is 2.95 bits per heavy atom. The van der Waals surface area contributed by atoms with Crippen LogP contribution >= 0.6 is 22.9 Å². The molecule has 6 heteroatoms.